The number of amides is 1. The molecule has 2 aromatic carbocycles. The first-order valence-corrected chi connectivity index (χ1v) is 9.66. The van der Waals surface area contributed by atoms with Gasteiger partial charge in [0.25, 0.3) is 5.91 Å². The van der Waals surface area contributed by atoms with Gasteiger partial charge in [-0.1, -0.05) is 54.1 Å². The molecule has 0 bridgehead atoms. The molecule has 1 fully saturated rings. The van der Waals surface area contributed by atoms with Crippen LogP contribution in [0.15, 0.2) is 65.5 Å². The highest BCUT2D eigenvalue weighted by molar-refractivity contribution is 6.32. The van der Waals surface area contributed by atoms with Crippen molar-refractivity contribution < 1.29 is 4.79 Å². The Hall–Kier alpha value is -2.92. The Morgan fingerprint density at radius 2 is 1.82 bits per heavy atom. The number of aromatic nitrogens is 2. The van der Waals surface area contributed by atoms with Crippen molar-refractivity contribution in [3.8, 4) is 5.69 Å². The summed E-state index contributed by atoms with van der Waals surface area (Å²) in [6.07, 6.45) is 1.77. The number of likely N-dealkylation sites (tertiary alicyclic amines) is 1. The zero-order valence-electron chi connectivity index (χ0n) is 15.5. The van der Waals surface area contributed by atoms with Crippen molar-refractivity contribution in [2.45, 2.75) is 25.8 Å². The van der Waals surface area contributed by atoms with E-state index in [0.29, 0.717) is 22.9 Å². The molecule has 0 aliphatic carbocycles. The van der Waals surface area contributed by atoms with Gasteiger partial charge in [0.05, 0.1) is 16.8 Å². The third-order valence-corrected chi connectivity index (χ3v) is 5.41. The van der Waals surface area contributed by atoms with Gasteiger partial charge in [-0.15, -0.1) is 0 Å². The molecule has 1 aliphatic heterocycles. The molecule has 142 valence electrons. The predicted octanol–water partition coefficient (Wildman–Crippen LogP) is 4.17. The third kappa shape index (κ3) is 3.34. The molecular formula is C22H20ClN3O2. The molecule has 1 atom stereocenters. The lowest BCUT2D eigenvalue weighted by atomic mass is 10.0. The van der Waals surface area contributed by atoms with Crippen LogP contribution in [-0.2, 0) is 0 Å². The first-order chi connectivity index (χ1) is 13.6. The van der Waals surface area contributed by atoms with Crippen LogP contribution in [0.4, 0.5) is 0 Å². The van der Waals surface area contributed by atoms with Gasteiger partial charge in [-0.2, -0.15) is 5.10 Å². The second kappa shape index (κ2) is 7.60. The van der Waals surface area contributed by atoms with Crippen LogP contribution in [0, 0.1) is 6.92 Å². The number of hydrogen-bond donors (Lipinski definition) is 0. The van der Waals surface area contributed by atoms with E-state index in [0.717, 1.165) is 18.4 Å². The summed E-state index contributed by atoms with van der Waals surface area (Å²) in [7, 11) is 0. The maximum atomic E-state index is 13.2. The van der Waals surface area contributed by atoms with Crippen molar-refractivity contribution in [1.29, 1.82) is 0 Å². The first kappa shape index (κ1) is 18.4. The standard InChI is InChI=1S/C22H20ClN3O2/c1-15-14-20(27)21(24-26(15)19-11-6-5-10-17(19)23)22(28)25-13-7-12-18(25)16-8-3-2-4-9-16/h2-6,8-11,14,18H,7,12-13H2,1H3. The van der Waals surface area contributed by atoms with E-state index in [1.807, 2.05) is 48.5 Å². The molecule has 5 nitrogen and oxygen atoms in total. The fourth-order valence-electron chi connectivity index (χ4n) is 3.73. The maximum Gasteiger partial charge on any atom is 0.278 e. The number of carbonyl (C=O) groups excluding carboxylic acids is 1. The van der Waals surface area contributed by atoms with Gasteiger partial charge in [-0.3, -0.25) is 9.59 Å². The average Bonchev–Trinajstić information content (AvgIpc) is 3.19. The van der Waals surface area contributed by atoms with Crippen molar-refractivity contribution in [2.24, 2.45) is 0 Å². The Bertz CT molecular complexity index is 1080. The fraction of sp³-hybridized carbons (Fsp3) is 0.227. The maximum absolute atomic E-state index is 13.2. The van der Waals surface area contributed by atoms with E-state index in [1.165, 1.54) is 6.07 Å². The minimum atomic E-state index is -0.371. The highest BCUT2D eigenvalue weighted by Gasteiger charge is 2.32. The summed E-state index contributed by atoms with van der Waals surface area (Å²) in [6, 6.07) is 18.5. The van der Waals surface area contributed by atoms with Gasteiger partial charge in [-0.25, -0.2) is 4.68 Å². The van der Waals surface area contributed by atoms with Crippen molar-refractivity contribution in [3.63, 3.8) is 0 Å². The lowest BCUT2D eigenvalue weighted by molar-refractivity contribution is 0.0726. The number of nitrogens with zero attached hydrogens (tertiary/aromatic N) is 3. The highest BCUT2D eigenvalue weighted by atomic mass is 35.5. The summed E-state index contributed by atoms with van der Waals surface area (Å²) in [5.74, 6) is -0.336. The predicted molar refractivity (Wildman–Crippen MR) is 109 cm³/mol. The Morgan fingerprint density at radius 1 is 1.11 bits per heavy atom. The van der Waals surface area contributed by atoms with E-state index < -0.39 is 0 Å². The zero-order valence-corrected chi connectivity index (χ0v) is 16.3. The Labute approximate surface area is 168 Å². The van der Waals surface area contributed by atoms with Crippen molar-refractivity contribution in [2.75, 3.05) is 6.54 Å². The number of para-hydroxylation sites is 1. The number of rotatable bonds is 3. The average molecular weight is 394 g/mol. The smallest absolute Gasteiger partial charge is 0.278 e. The minimum absolute atomic E-state index is 0.0371. The van der Waals surface area contributed by atoms with Crippen molar-refractivity contribution >= 4 is 17.5 Å². The van der Waals surface area contributed by atoms with Gasteiger partial charge < -0.3 is 4.90 Å². The van der Waals surface area contributed by atoms with Gasteiger partial charge in [0.1, 0.15) is 0 Å². The molecule has 6 heteroatoms. The summed E-state index contributed by atoms with van der Waals surface area (Å²) in [5.41, 5.74) is 1.89. The van der Waals surface area contributed by atoms with Crippen molar-refractivity contribution in [3.05, 3.63) is 92.9 Å². The molecule has 2 heterocycles. The van der Waals surface area contributed by atoms with Crippen LogP contribution >= 0.6 is 11.6 Å². The number of halogens is 1. The largest absolute Gasteiger partial charge is 0.330 e. The summed E-state index contributed by atoms with van der Waals surface area (Å²) in [4.78, 5) is 27.6. The second-order valence-electron chi connectivity index (χ2n) is 6.93. The molecule has 1 unspecified atom stereocenters. The van der Waals surface area contributed by atoms with Crippen LogP contribution in [-0.4, -0.2) is 27.1 Å². The van der Waals surface area contributed by atoms with Crippen LogP contribution in [0.5, 0.6) is 0 Å². The fourth-order valence-corrected chi connectivity index (χ4v) is 3.95. The van der Waals surface area contributed by atoms with E-state index >= 15 is 0 Å². The summed E-state index contributed by atoms with van der Waals surface area (Å²) in [5, 5.41) is 4.91. The molecule has 28 heavy (non-hydrogen) atoms. The summed E-state index contributed by atoms with van der Waals surface area (Å²) < 4.78 is 1.56. The molecule has 1 saturated heterocycles. The van der Waals surface area contributed by atoms with Crippen LogP contribution in [0.2, 0.25) is 5.02 Å². The molecule has 0 radical (unpaired) electrons. The van der Waals surface area contributed by atoms with E-state index in [4.69, 9.17) is 11.6 Å². The van der Waals surface area contributed by atoms with E-state index in [2.05, 4.69) is 5.10 Å². The zero-order chi connectivity index (χ0) is 19.7. The Kier molecular flexibility index (Phi) is 5.01. The molecular weight excluding hydrogens is 374 g/mol. The van der Waals surface area contributed by atoms with E-state index in [-0.39, 0.29) is 23.1 Å². The molecule has 0 saturated carbocycles. The third-order valence-electron chi connectivity index (χ3n) is 5.09. The highest BCUT2D eigenvalue weighted by Crippen LogP contribution is 2.32. The SMILES string of the molecule is Cc1cc(=O)c(C(=O)N2CCCC2c2ccccc2)nn1-c1ccccc1Cl. The molecule has 0 N–H and O–H groups in total. The summed E-state index contributed by atoms with van der Waals surface area (Å²) in [6.45, 7) is 2.38. The van der Waals surface area contributed by atoms with Crippen molar-refractivity contribution in [1.82, 2.24) is 14.7 Å². The van der Waals surface area contributed by atoms with Gasteiger partial charge in [0.2, 0.25) is 5.43 Å². The number of aryl methyl sites for hydroxylation is 1. The van der Waals surface area contributed by atoms with Gasteiger partial charge in [-0.05, 0) is 37.5 Å². The van der Waals surface area contributed by atoms with Crippen LogP contribution in [0.3, 0.4) is 0 Å². The topological polar surface area (TPSA) is 55.2 Å². The van der Waals surface area contributed by atoms with Crippen LogP contribution < -0.4 is 5.43 Å². The molecule has 0 spiro atoms. The summed E-state index contributed by atoms with van der Waals surface area (Å²) >= 11 is 6.30. The molecule has 4 rings (SSSR count). The normalized spacial score (nSPS) is 16.4. The Morgan fingerprint density at radius 3 is 2.57 bits per heavy atom. The lowest BCUT2D eigenvalue weighted by Gasteiger charge is -2.25. The first-order valence-electron chi connectivity index (χ1n) is 9.28. The quantitative estimate of drug-likeness (QED) is 0.671. The second-order valence-corrected chi connectivity index (χ2v) is 7.34. The number of benzene rings is 2. The number of hydrogen-bond acceptors (Lipinski definition) is 3. The molecule has 3 aromatic rings. The van der Waals surface area contributed by atoms with Gasteiger partial charge in [0.15, 0.2) is 5.69 Å². The monoisotopic (exact) mass is 393 g/mol. The van der Waals surface area contributed by atoms with E-state index in [1.54, 1.807) is 22.6 Å². The van der Waals surface area contributed by atoms with E-state index in [9.17, 15) is 9.59 Å². The van der Waals surface area contributed by atoms with Gasteiger partial charge in [0, 0.05) is 18.3 Å². The molecule has 1 amide bonds. The number of carbonyl (C=O) groups is 1. The van der Waals surface area contributed by atoms with Gasteiger partial charge >= 0.3 is 0 Å². The van der Waals surface area contributed by atoms with Crippen LogP contribution in [0.25, 0.3) is 5.69 Å². The molecule has 1 aliphatic rings. The Balaban J connectivity index is 1.75. The molecule has 1 aromatic heterocycles. The van der Waals surface area contributed by atoms with Crippen LogP contribution in [0.1, 0.15) is 40.6 Å². The minimum Gasteiger partial charge on any atom is -0.330 e. The lowest BCUT2D eigenvalue weighted by Crippen LogP contribution is -2.36.